The molecule has 0 aromatic heterocycles. The van der Waals surface area contributed by atoms with Gasteiger partial charge in [-0.3, -0.25) is 4.90 Å². The molecular weight excluding hydrogens is 138 g/mol. The van der Waals surface area contributed by atoms with Crippen molar-refractivity contribution < 1.29 is 5.11 Å². The molecule has 0 aromatic carbocycles. The predicted octanol–water partition coefficient (Wildman–Crippen LogP) is 1.22. The van der Waals surface area contributed by atoms with Crippen molar-refractivity contribution in [1.82, 2.24) is 4.90 Å². The van der Waals surface area contributed by atoms with Gasteiger partial charge in [-0.25, -0.2) is 0 Å². The molecule has 0 saturated carbocycles. The van der Waals surface area contributed by atoms with E-state index < -0.39 is 6.23 Å². The Balaban J connectivity index is 2.54. The minimum Gasteiger partial charge on any atom is -0.375 e. The van der Waals surface area contributed by atoms with Gasteiger partial charge in [-0.15, -0.1) is 0 Å². The Morgan fingerprint density at radius 2 is 2.27 bits per heavy atom. The zero-order valence-corrected chi connectivity index (χ0v) is 7.33. The molecule has 1 aliphatic rings. The highest BCUT2D eigenvalue weighted by Gasteiger charge is 2.30. The van der Waals surface area contributed by atoms with E-state index in [1.165, 1.54) is 6.42 Å². The van der Waals surface area contributed by atoms with Gasteiger partial charge in [-0.05, 0) is 25.3 Å². The van der Waals surface area contributed by atoms with Gasteiger partial charge in [0.1, 0.15) is 6.23 Å². The van der Waals surface area contributed by atoms with E-state index in [1.807, 2.05) is 0 Å². The number of nitrogens with zero attached hydrogens (tertiary/aromatic N) is 1. The normalized spacial score (nSPS) is 35.5. The van der Waals surface area contributed by atoms with Crippen molar-refractivity contribution in [2.24, 2.45) is 5.92 Å². The van der Waals surface area contributed by atoms with E-state index in [0.717, 1.165) is 6.54 Å². The van der Waals surface area contributed by atoms with Gasteiger partial charge in [0, 0.05) is 12.6 Å². The number of likely N-dealkylation sites (tertiary alicyclic amines) is 1. The molecule has 0 amide bonds. The van der Waals surface area contributed by atoms with E-state index in [-0.39, 0.29) is 0 Å². The second-order valence-electron chi connectivity index (χ2n) is 3.39. The fourth-order valence-electron chi connectivity index (χ4n) is 1.63. The summed E-state index contributed by atoms with van der Waals surface area (Å²) in [5.41, 5.74) is 0. The highest BCUT2D eigenvalue weighted by molar-refractivity contribution is 4.88. The largest absolute Gasteiger partial charge is 0.375 e. The van der Waals surface area contributed by atoms with Gasteiger partial charge in [-0.1, -0.05) is 13.5 Å². The van der Waals surface area contributed by atoms with Crippen LogP contribution >= 0.6 is 0 Å². The average molecular weight is 155 g/mol. The van der Waals surface area contributed by atoms with E-state index in [2.05, 4.69) is 25.3 Å². The number of aliphatic hydroxyl groups is 1. The summed E-state index contributed by atoms with van der Waals surface area (Å²) >= 11 is 0. The Hall–Kier alpha value is -0.340. The molecule has 0 aliphatic carbocycles. The third-order valence-electron chi connectivity index (χ3n) is 2.74. The number of rotatable bonds is 2. The van der Waals surface area contributed by atoms with Gasteiger partial charge in [0.25, 0.3) is 0 Å². The van der Waals surface area contributed by atoms with Crippen LogP contribution in [0.2, 0.25) is 0 Å². The zero-order chi connectivity index (χ0) is 8.43. The molecule has 0 aromatic rings. The Bertz CT molecular complexity index is 146. The highest BCUT2D eigenvalue weighted by Crippen LogP contribution is 2.24. The van der Waals surface area contributed by atoms with Crippen LogP contribution in [0, 0.1) is 5.92 Å². The second kappa shape index (κ2) is 3.37. The lowest BCUT2D eigenvalue weighted by atomic mass is 10.1. The maximum atomic E-state index is 9.45. The van der Waals surface area contributed by atoms with Crippen molar-refractivity contribution in [3.05, 3.63) is 12.7 Å². The van der Waals surface area contributed by atoms with Crippen LogP contribution in [0.25, 0.3) is 0 Å². The molecule has 1 heterocycles. The third-order valence-corrected chi connectivity index (χ3v) is 2.74. The van der Waals surface area contributed by atoms with E-state index >= 15 is 0 Å². The van der Waals surface area contributed by atoms with Crippen molar-refractivity contribution in [3.63, 3.8) is 0 Å². The highest BCUT2D eigenvalue weighted by atomic mass is 16.3. The van der Waals surface area contributed by atoms with E-state index in [4.69, 9.17) is 0 Å². The number of aliphatic hydroxyl groups excluding tert-OH is 1. The maximum Gasteiger partial charge on any atom is 0.126 e. The Morgan fingerprint density at radius 3 is 2.64 bits per heavy atom. The summed E-state index contributed by atoms with van der Waals surface area (Å²) in [6.45, 7) is 8.95. The summed E-state index contributed by atoms with van der Waals surface area (Å²) in [4.78, 5) is 2.08. The summed E-state index contributed by atoms with van der Waals surface area (Å²) in [6, 6.07) is 0.489. The molecule has 3 atom stereocenters. The molecule has 0 spiro atoms. The SMILES string of the molecule is C=CC(O)N1CCC(C)C1C. The lowest BCUT2D eigenvalue weighted by molar-refractivity contribution is 0.0321. The van der Waals surface area contributed by atoms with Crippen molar-refractivity contribution in [3.8, 4) is 0 Å². The molecule has 11 heavy (non-hydrogen) atoms. The van der Waals surface area contributed by atoms with Crippen molar-refractivity contribution in [2.45, 2.75) is 32.5 Å². The van der Waals surface area contributed by atoms with Crippen LogP contribution in [-0.4, -0.2) is 28.8 Å². The fraction of sp³-hybridized carbons (Fsp3) is 0.778. The summed E-state index contributed by atoms with van der Waals surface area (Å²) in [5.74, 6) is 0.699. The van der Waals surface area contributed by atoms with Crippen LogP contribution in [0.3, 0.4) is 0 Å². The van der Waals surface area contributed by atoms with Gasteiger partial charge < -0.3 is 5.11 Å². The lowest BCUT2D eigenvalue weighted by Gasteiger charge is -2.26. The molecule has 2 heteroatoms. The molecule has 1 rings (SSSR count). The first-order valence-corrected chi connectivity index (χ1v) is 4.23. The second-order valence-corrected chi connectivity index (χ2v) is 3.39. The summed E-state index contributed by atoms with van der Waals surface area (Å²) < 4.78 is 0. The van der Waals surface area contributed by atoms with Crippen LogP contribution in [0.1, 0.15) is 20.3 Å². The first-order valence-electron chi connectivity index (χ1n) is 4.23. The molecule has 2 nitrogen and oxygen atoms in total. The standard InChI is InChI=1S/C9H17NO/c1-4-9(11)10-6-5-7(2)8(10)3/h4,7-9,11H,1,5-6H2,2-3H3. The lowest BCUT2D eigenvalue weighted by Crippen LogP contribution is -2.37. The Morgan fingerprint density at radius 1 is 1.64 bits per heavy atom. The van der Waals surface area contributed by atoms with Gasteiger partial charge in [-0.2, -0.15) is 0 Å². The van der Waals surface area contributed by atoms with E-state index in [9.17, 15) is 5.11 Å². The topological polar surface area (TPSA) is 23.5 Å². The van der Waals surface area contributed by atoms with Crippen LogP contribution < -0.4 is 0 Å². The molecule has 1 aliphatic heterocycles. The summed E-state index contributed by atoms with van der Waals surface area (Å²) in [6.07, 6.45) is 2.33. The van der Waals surface area contributed by atoms with Crippen LogP contribution in [-0.2, 0) is 0 Å². The van der Waals surface area contributed by atoms with Crippen LogP contribution in [0.15, 0.2) is 12.7 Å². The molecule has 0 radical (unpaired) electrons. The monoisotopic (exact) mass is 155 g/mol. The van der Waals surface area contributed by atoms with Crippen molar-refractivity contribution >= 4 is 0 Å². The number of hydrogen-bond acceptors (Lipinski definition) is 2. The fourth-order valence-corrected chi connectivity index (χ4v) is 1.63. The van der Waals surface area contributed by atoms with Gasteiger partial charge >= 0.3 is 0 Å². The molecule has 3 unspecified atom stereocenters. The molecule has 1 fully saturated rings. The molecule has 1 saturated heterocycles. The summed E-state index contributed by atoms with van der Waals surface area (Å²) in [7, 11) is 0. The molecule has 64 valence electrons. The minimum absolute atomic E-state index is 0.449. The quantitative estimate of drug-likeness (QED) is 0.606. The predicted molar refractivity (Wildman–Crippen MR) is 46.2 cm³/mol. The van der Waals surface area contributed by atoms with Gasteiger partial charge in [0.15, 0.2) is 0 Å². The smallest absolute Gasteiger partial charge is 0.126 e. The first kappa shape index (κ1) is 8.75. The Kier molecular flexibility index (Phi) is 2.68. The van der Waals surface area contributed by atoms with Crippen LogP contribution in [0.4, 0.5) is 0 Å². The first-order chi connectivity index (χ1) is 5.16. The number of hydrogen-bond donors (Lipinski definition) is 1. The van der Waals surface area contributed by atoms with Crippen LogP contribution in [0.5, 0.6) is 0 Å². The Labute approximate surface area is 68.5 Å². The van der Waals surface area contributed by atoms with E-state index in [1.54, 1.807) is 6.08 Å². The minimum atomic E-state index is -0.449. The average Bonchev–Trinajstić information content (AvgIpc) is 2.32. The van der Waals surface area contributed by atoms with Gasteiger partial charge in [0.05, 0.1) is 0 Å². The zero-order valence-electron chi connectivity index (χ0n) is 7.33. The van der Waals surface area contributed by atoms with E-state index in [0.29, 0.717) is 12.0 Å². The maximum absolute atomic E-state index is 9.45. The van der Waals surface area contributed by atoms with Crippen molar-refractivity contribution in [2.75, 3.05) is 6.54 Å². The summed E-state index contributed by atoms with van der Waals surface area (Å²) in [5, 5.41) is 9.45. The molecule has 0 bridgehead atoms. The molecule has 1 N–H and O–H groups in total. The molecular formula is C9H17NO. The van der Waals surface area contributed by atoms with Gasteiger partial charge in [0.2, 0.25) is 0 Å². The van der Waals surface area contributed by atoms with Crippen molar-refractivity contribution in [1.29, 1.82) is 0 Å². The third kappa shape index (κ3) is 1.63.